The lowest BCUT2D eigenvalue weighted by Gasteiger charge is -2.20. The molecule has 1 atom stereocenters. The van der Waals surface area contributed by atoms with E-state index in [1.54, 1.807) is 0 Å². The summed E-state index contributed by atoms with van der Waals surface area (Å²) in [5, 5.41) is 11.2. The molecule has 10 rings (SSSR count). The quantitative estimate of drug-likeness (QED) is 0.138. The van der Waals surface area contributed by atoms with Gasteiger partial charge in [-0.25, -0.2) is 0 Å². The average Bonchev–Trinajstić information content (AvgIpc) is 3.92. The summed E-state index contributed by atoms with van der Waals surface area (Å²) >= 11 is 2.03. The normalized spacial score (nSPS) is 15.0. The molecule has 2 heteroatoms. The van der Waals surface area contributed by atoms with Crippen LogP contribution in [0.1, 0.15) is 37.1 Å². The molecule has 2 heterocycles. The van der Waals surface area contributed by atoms with Crippen molar-refractivity contribution in [3.05, 3.63) is 151 Å². The predicted molar refractivity (Wildman–Crippen MR) is 209 cm³/mol. The maximum absolute atomic E-state index is 2.45. The van der Waals surface area contributed by atoms with E-state index in [-0.39, 0.29) is 5.41 Å². The summed E-state index contributed by atoms with van der Waals surface area (Å²) in [4.78, 5) is 0. The van der Waals surface area contributed by atoms with Crippen LogP contribution in [-0.2, 0) is 5.41 Å². The third kappa shape index (κ3) is 4.25. The van der Waals surface area contributed by atoms with Gasteiger partial charge in [0.15, 0.2) is 0 Å². The van der Waals surface area contributed by atoms with Crippen molar-refractivity contribution >= 4 is 65.9 Å². The number of rotatable bonds is 4. The fraction of sp³-hybridized carbons (Fsp3) is 0.130. The molecule has 230 valence electrons. The Morgan fingerprint density at radius 2 is 1.08 bits per heavy atom. The third-order valence-electron chi connectivity index (χ3n) is 10.6. The Bertz CT molecular complexity index is 2680. The minimum Gasteiger partial charge on any atom is -0.309 e. The van der Waals surface area contributed by atoms with E-state index in [0.29, 0.717) is 5.25 Å². The van der Waals surface area contributed by atoms with Gasteiger partial charge in [0.25, 0.3) is 0 Å². The van der Waals surface area contributed by atoms with E-state index in [1.807, 2.05) is 11.8 Å². The molecular formula is C46H35NS. The minimum atomic E-state index is 0.137. The van der Waals surface area contributed by atoms with Gasteiger partial charge in [-0.2, -0.15) is 11.8 Å². The first kappa shape index (κ1) is 28.0. The van der Waals surface area contributed by atoms with Crippen molar-refractivity contribution in [3.8, 4) is 27.9 Å². The highest BCUT2D eigenvalue weighted by Crippen LogP contribution is 2.48. The molecule has 0 amide bonds. The van der Waals surface area contributed by atoms with E-state index < -0.39 is 0 Å². The van der Waals surface area contributed by atoms with Crippen LogP contribution in [0.3, 0.4) is 0 Å². The van der Waals surface area contributed by atoms with E-state index in [4.69, 9.17) is 0 Å². The Hall–Kier alpha value is -5.05. The number of benzene rings is 8. The molecule has 0 spiro atoms. The highest BCUT2D eigenvalue weighted by Gasteiger charge is 2.25. The van der Waals surface area contributed by atoms with Gasteiger partial charge in [0.05, 0.1) is 11.0 Å². The Balaban J connectivity index is 1.11. The van der Waals surface area contributed by atoms with Gasteiger partial charge >= 0.3 is 0 Å². The van der Waals surface area contributed by atoms with Crippen molar-refractivity contribution in [3.63, 3.8) is 0 Å². The third-order valence-corrected chi connectivity index (χ3v) is 11.5. The number of hydrogen-bond donors (Lipinski definition) is 0. The summed E-state index contributed by atoms with van der Waals surface area (Å²) in [7, 11) is 0. The lowest BCUT2D eigenvalue weighted by atomic mass is 9.85. The maximum Gasteiger partial charge on any atom is 0.0544 e. The molecule has 48 heavy (non-hydrogen) atoms. The second kappa shape index (κ2) is 10.2. The van der Waals surface area contributed by atoms with E-state index in [1.165, 1.54) is 98.9 Å². The van der Waals surface area contributed by atoms with Crippen molar-refractivity contribution in [2.45, 2.75) is 31.4 Å². The van der Waals surface area contributed by atoms with E-state index in [2.05, 4.69) is 165 Å². The number of nitrogens with zero attached hydrogens (tertiary/aromatic N) is 1. The summed E-state index contributed by atoms with van der Waals surface area (Å²) in [6, 6.07) is 52.8. The van der Waals surface area contributed by atoms with Crippen LogP contribution in [0.15, 0.2) is 140 Å². The molecule has 0 N–H and O–H groups in total. The van der Waals surface area contributed by atoms with Crippen molar-refractivity contribution in [2.24, 2.45) is 0 Å². The Labute approximate surface area is 285 Å². The van der Waals surface area contributed by atoms with Crippen LogP contribution < -0.4 is 0 Å². The van der Waals surface area contributed by atoms with E-state index in [9.17, 15) is 0 Å². The molecule has 0 aliphatic carbocycles. The van der Waals surface area contributed by atoms with Gasteiger partial charge < -0.3 is 4.57 Å². The monoisotopic (exact) mass is 633 g/mol. The fourth-order valence-electron chi connectivity index (χ4n) is 7.95. The zero-order valence-corrected chi connectivity index (χ0v) is 28.2. The van der Waals surface area contributed by atoms with Crippen LogP contribution in [0.2, 0.25) is 0 Å². The molecule has 1 aromatic heterocycles. The molecule has 1 aliphatic heterocycles. The summed E-state index contributed by atoms with van der Waals surface area (Å²) in [6.45, 7) is 6.83. The predicted octanol–water partition coefficient (Wildman–Crippen LogP) is 13.1. The SMILES string of the molecule is CC(C)(C)c1ccc(-c2ccc3ccc4c(-c5ccc(-n6c7ccccc7c7ccc([C@@H]8CS8)cc76)cc5)ccc5ccc2c3c54)cc1. The number of hydrogen-bond acceptors (Lipinski definition) is 1. The summed E-state index contributed by atoms with van der Waals surface area (Å²) in [5.41, 5.74) is 11.8. The zero-order chi connectivity index (χ0) is 32.1. The van der Waals surface area contributed by atoms with Gasteiger partial charge in [-0.05, 0) is 95.4 Å². The Kier molecular flexibility index (Phi) is 5.97. The smallest absolute Gasteiger partial charge is 0.0544 e. The number of aromatic nitrogens is 1. The van der Waals surface area contributed by atoms with Crippen LogP contribution in [-0.4, -0.2) is 10.3 Å². The molecule has 1 fully saturated rings. The molecule has 0 saturated carbocycles. The van der Waals surface area contributed by atoms with Gasteiger partial charge in [0.2, 0.25) is 0 Å². The standard InChI is InChI=1S/C46H35NS/c1-46(2,3)33-17-8-28(9-18-33)35-21-12-30-15-25-40-36(22-13-31-14-24-39(35)44(30)45(31)40)29-10-19-34(20-11-29)47-41-7-5-4-6-37(41)38-23-16-32(26-42(38)47)43-27-48-43/h4-26,43H,27H2,1-3H3/t43-/m0/s1. The Morgan fingerprint density at radius 1 is 0.542 bits per heavy atom. The van der Waals surface area contributed by atoms with Crippen molar-refractivity contribution in [2.75, 3.05) is 5.75 Å². The molecular weight excluding hydrogens is 599 g/mol. The summed E-state index contributed by atoms with van der Waals surface area (Å²) < 4.78 is 2.45. The summed E-state index contributed by atoms with van der Waals surface area (Å²) in [6.07, 6.45) is 0. The van der Waals surface area contributed by atoms with Crippen LogP contribution in [0.5, 0.6) is 0 Å². The Morgan fingerprint density at radius 3 is 1.69 bits per heavy atom. The molecule has 0 unspecified atom stereocenters. The highest BCUT2D eigenvalue weighted by atomic mass is 32.2. The molecule has 1 aliphatic rings. The van der Waals surface area contributed by atoms with E-state index in [0.717, 1.165) is 0 Å². The molecule has 1 nitrogen and oxygen atoms in total. The van der Waals surface area contributed by atoms with Crippen LogP contribution in [0.25, 0.3) is 82.1 Å². The lowest BCUT2D eigenvalue weighted by molar-refractivity contribution is 0.590. The average molecular weight is 634 g/mol. The van der Waals surface area contributed by atoms with Gasteiger partial charge in [0, 0.05) is 27.5 Å². The van der Waals surface area contributed by atoms with Gasteiger partial charge in [0.1, 0.15) is 0 Å². The van der Waals surface area contributed by atoms with Crippen molar-refractivity contribution < 1.29 is 0 Å². The number of para-hydroxylation sites is 1. The summed E-state index contributed by atoms with van der Waals surface area (Å²) in [5.74, 6) is 1.23. The van der Waals surface area contributed by atoms with Gasteiger partial charge in [-0.1, -0.05) is 136 Å². The van der Waals surface area contributed by atoms with Gasteiger partial charge in [-0.3, -0.25) is 0 Å². The number of fused-ring (bicyclic) bond motifs is 3. The lowest BCUT2D eigenvalue weighted by Crippen LogP contribution is -2.10. The first-order valence-corrected chi connectivity index (χ1v) is 18.0. The molecule has 9 aromatic rings. The fourth-order valence-corrected chi connectivity index (χ4v) is 8.58. The first-order valence-electron chi connectivity index (χ1n) is 17.0. The van der Waals surface area contributed by atoms with Crippen molar-refractivity contribution in [1.82, 2.24) is 4.57 Å². The van der Waals surface area contributed by atoms with Gasteiger partial charge in [-0.15, -0.1) is 0 Å². The van der Waals surface area contributed by atoms with E-state index >= 15 is 0 Å². The highest BCUT2D eigenvalue weighted by molar-refractivity contribution is 8.06. The molecule has 1 saturated heterocycles. The topological polar surface area (TPSA) is 4.93 Å². The second-order valence-corrected chi connectivity index (χ2v) is 15.7. The largest absolute Gasteiger partial charge is 0.309 e. The molecule has 0 radical (unpaired) electrons. The number of thioether (sulfide) groups is 1. The first-order chi connectivity index (χ1) is 23.4. The maximum atomic E-state index is 2.45. The molecule has 8 aromatic carbocycles. The zero-order valence-electron chi connectivity index (χ0n) is 27.4. The minimum absolute atomic E-state index is 0.137. The van der Waals surface area contributed by atoms with Crippen LogP contribution >= 0.6 is 11.8 Å². The second-order valence-electron chi connectivity index (χ2n) is 14.5. The van der Waals surface area contributed by atoms with Crippen molar-refractivity contribution in [1.29, 1.82) is 0 Å². The van der Waals surface area contributed by atoms with Crippen LogP contribution in [0.4, 0.5) is 0 Å². The van der Waals surface area contributed by atoms with Crippen LogP contribution in [0, 0.1) is 0 Å². The molecule has 0 bridgehead atoms.